The van der Waals surface area contributed by atoms with Gasteiger partial charge in [0.1, 0.15) is 0 Å². The largest absolute Gasteiger partial charge is 0.374 e. The van der Waals surface area contributed by atoms with Crippen LogP contribution in [0.5, 0.6) is 0 Å². The molecule has 1 aliphatic heterocycles. The summed E-state index contributed by atoms with van der Waals surface area (Å²) < 4.78 is 5.79. The van der Waals surface area contributed by atoms with Crippen molar-refractivity contribution in [2.75, 3.05) is 18.1 Å². The molecule has 1 saturated heterocycles. The topological polar surface area (TPSA) is 9.23 Å². The van der Waals surface area contributed by atoms with Crippen molar-refractivity contribution in [1.29, 1.82) is 0 Å². The standard InChI is InChI=1S/C14H22OS/c1-2-16-11-9-12-6-3-4-7-13(12)14-8-5-10-15-14/h3-4,6-7,14H,2,5,8-11,16H2,1H3. The van der Waals surface area contributed by atoms with E-state index in [1.54, 1.807) is 0 Å². The molecule has 1 nitrogen and oxygen atoms in total. The third-order valence-corrected chi connectivity index (χ3v) is 4.26. The van der Waals surface area contributed by atoms with Gasteiger partial charge in [-0.15, -0.1) is 0 Å². The van der Waals surface area contributed by atoms with E-state index in [2.05, 4.69) is 31.2 Å². The average Bonchev–Trinajstić information content (AvgIpc) is 2.83. The van der Waals surface area contributed by atoms with Gasteiger partial charge < -0.3 is 4.74 Å². The molecule has 0 spiro atoms. The number of aryl methyl sites for hydroxylation is 1. The molecule has 2 heteroatoms. The summed E-state index contributed by atoms with van der Waals surface area (Å²) in [4.78, 5) is 0. The maximum atomic E-state index is 5.79. The van der Waals surface area contributed by atoms with Crippen LogP contribution in [-0.4, -0.2) is 18.1 Å². The smallest absolute Gasteiger partial charge is 0.0828 e. The predicted molar refractivity (Wildman–Crippen MR) is 73.9 cm³/mol. The van der Waals surface area contributed by atoms with Crippen molar-refractivity contribution in [2.45, 2.75) is 32.3 Å². The van der Waals surface area contributed by atoms with Crippen LogP contribution in [0.25, 0.3) is 0 Å². The van der Waals surface area contributed by atoms with Crippen LogP contribution in [0.3, 0.4) is 0 Å². The van der Waals surface area contributed by atoms with E-state index in [9.17, 15) is 0 Å². The molecule has 0 aromatic heterocycles. The van der Waals surface area contributed by atoms with Crippen molar-refractivity contribution in [3.8, 4) is 0 Å². The Balaban J connectivity index is 2.04. The molecule has 0 amide bonds. The predicted octanol–water partition coefficient (Wildman–Crippen LogP) is 3.30. The van der Waals surface area contributed by atoms with Gasteiger partial charge in [-0.2, -0.15) is 0 Å². The Labute approximate surface area is 103 Å². The second-order valence-corrected chi connectivity index (χ2v) is 6.01. The fourth-order valence-electron chi connectivity index (χ4n) is 2.30. The first-order chi connectivity index (χ1) is 7.92. The van der Waals surface area contributed by atoms with Crippen molar-refractivity contribution in [3.63, 3.8) is 0 Å². The maximum absolute atomic E-state index is 5.79. The molecule has 1 atom stereocenters. The van der Waals surface area contributed by atoms with Crippen LogP contribution in [0.15, 0.2) is 24.3 Å². The molecule has 0 aliphatic carbocycles. The number of hydrogen-bond acceptors (Lipinski definition) is 1. The lowest BCUT2D eigenvalue weighted by molar-refractivity contribution is 0.111. The normalized spacial score (nSPS) is 21.4. The van der Waals surface area contributed by atoms with Gasteiger partial charge in [0, 0.05) is 6.61 Å². The summed E-state index contributed by atoms with van der Waals surface area (Å²) in [6, 6.07) is 8.82. The Morgan fingerprint density at radius 3 is 3.00 bits per heavy atom. The summed E-state index contributed by atoms with van der Waals surface area (Å²) in [5.74, 6) is 2.66. The Bertz CT molecular complexity index is 318. The zero-order chi connectivity index (χ0) is 11.2. The quantitative estimate of drug-likeness (QED) is 0.715. The van der Waals surface area contributed by atoms with Crippen LogP contribution in [0.4, 0.5) is 0 Å². The molecule has 1 heterocycles. The molecular formula is C14H22OS. The molecule has 16 heavy (non-hydrogen) atoms. The highest BCUT2D eigenvalue weighted by Gasteiger charge is 2.19. The minimum absolute atomic E-state index is 0.376. The number of hydrogen-bond donors (Lipinski definition) is 0. The third-order valence-electron chi connectivity index (χ3n) is 3.15. The second-order valence-electron chi connectivity index (χ2n) is 4.30. The molecule has 90 valence electrons. The molecule has 0 radical (unpaired) electrons. The Morgan fingerprint density at radius 2 is 2.25 bits per heavy atom. The van der Waals surface area contributed by atoms with Crippen LogP contribution < -0.4 is 0 Å². The highest BCUT2D eigenvalue weighted by Crippen LogP contribution is 2.31. The van der Waals surface area contributed by atoms with Gasteiger partial charge >= 0.3 is 0 Å². The lowest BCUT2D eigenvalue weighted by Crippen LogP contribution is -2.02. The maximum Gasteiger partial charge on any atom is 0.0828 e. The minimum Gasteiger partial charge on any atom is -0.374 e. The zero-order valence-electron chi connectivity index (χ0n) is 10.0. The number of ether oxygens (including phenoxy) is 1. The van der Waals surface area contributed by atoms with Crippen LogP contribution in [0.2, 0.25) is 0 Å². The van der Waals surface area contributed by atoms with E-state index < -0.39 is 0 Å². The van der Waals surface area contributed by atoms with E-state index in [4.69, 9.17) is 4.74 Å². The summed E-state index contributed by atoms with van der Waals surface area (Å²) >= 11 is 1.11. The fourth-order valence-corrected chi connectivity index (χ4v) is 3.10. The summed E-state index contributed by atoms with van der Waals surface area (Å²) in [5.41, 5.74) is 2.95. The molecule has 2 rings (SSSR count). The van der Waals surface area contributed by atoms with Crippen molar-refractivity contribution in [2.24, 2.45) is 0 Å². The van der Waals surface area contributed by atoms with Crippen LogP contribution in [0.1, 0.15) is 37.0 Å². The Morgan fingerprint density at radius 1 is 1.38 bits per heavy atom. The third kappa shape index (κ3) is 3.02. The van der Waals surface area contributed by atoms with E-state index in [0.29, 0.717) is 6.10 Å². The van der Waals surface area contributed by atoms with Gasteiger partial charge in [0.05, 0.1) is 6.10 Å². The molecule has 0 bridgehead atoms. The molecular weight excluding hydrogens is 216 g/mol. The van der Waals surface area contributed by atoms with Crippen molar-refractivity contribution in [3.05, 3.63) is 35.4 Å². The molecule has 1 aromatic carbocycles. The lowest BCUT2D eigenvalue weighted by atomic mass is 9.99. The molecule has 1 aliphatic rings. The monoisotopic (exact) mass is 238 g/mol. The van der Waals surface area contributed by atoms with Gasteiger partial charge in [-0.05, 0) is 41.9 Å². The highest BCUT2D eigenvalue weighted by atomic mass is 32.2. The second kappa shape index (κ2) is 6.31. The van der Waals surface area contributed by atoms with Crippen molar-refractivity contribution < 1.29 is 4.74 Å². The van der Waals surface area contributed by atoms with Gasteiger partial charge in [0.2, 0.25) is 0 Å². The summed E-state index contributed by atoms with van der Waals surface area (Å²) in [6.45, 7) is 3.21. The highest BCUT2D eigenvalue weighted by molar-refractivity contribution is 7.99. The zero-order valence-corrected chi connectivity index (χ0v) is 11.0. The molecule has 1 fully saturated rings. The number of benzene rings is 1. The molecule has 0 N–H and O–H groups in total. The van der Waals surface area contributed by atoms with Gasteiger partial charge in [-0.25, -0.2) is 0 Å². The van der Waals surface area contributed by atoms with E-state index in [1.807, 2.05) is 0 Å². The van der Waals surface area contributed by atoms with E-state index in [1.165, 1.54) is 41.9 Å². The first-order valence-corrected chi connectivity index (χ1v) is 7.73. The molecule has 1 aromatic rings. The summed E-state index contributed by atoms with van der Waals surface area (Å²) in [5, 5.41) is 0. The lowest BCUT2D eigenvalue weighted by Gasteiger charge is -2.15. The van der Waals surface area contributed by atoms with Gasteiger partial charge in [-0.1, -0.05) is 31.2 Å². The molecule has 0 saturated carbocycles. The van der Waals surface area contributed by atoms with Crippen LogP contribution in [0, 0.1) is 0 Å². The Hall–Kier alpha value is -0.470. The van der Waals surface area contributed by atoms with E-state index in [-0.39, 0.29) is 0 Å². The average molecular weight is 238 g/mol. The van der Waals surface area contributed by atoms with Crippen molar-refractivity contribution >= 4 is 11.8 Å². The van der Waals surface area contributed by atoms with Gasteiger partial charge in [0.25, 0.3) is 0 Å². The minimum atomic E-state index is 0.376. The van der Waals surface area contributed by atoms with Gasteiger partial charge in [-0.3, -0.25) is 11.8 Å². The summed E-state index contributed by atoms with van der Waals surface area (Å²) in [7, 11) is 0. The van der Waals surface area contributed by atoms with Gasteiger partial charge in [0.15, 0.2) is 0 Å². The summed E-state index contributed by atoms with van der Waals surface area (Å²) in [6.07, 6.45) is 4.02. The van der Waals surface area contributed by atoms with E-state index in [0.717, 1.165) is 18.4 Å². The SMILES string of the molecule is CC[SH2]CCc1ccccc1C1CCCO1. The molecule has 1 unspecified atom stereocenters. The first-order valence-electron chi connectivity index (χ1n) is 6.32. The fraction of sp³-hybridized carbons (Fsp3) is 0.571. The van der Waals surface area contributed by atoms with E-state index >= 15 is 0 Å². The van der Waals surface area contributed by atoms with Crippen LogP contribution in [-0.2, 0) is 11.2 Å². The van der Waals surface area contributed by atoms with Crippen molar-refractivity contribution in [1.82, 2.24) is 0 Å². The Kier molecular flexibility index (Phi) is 4.73. The first kappa shape index (κ1) is 12.0. The van der Waals surface area contributed by atoms with Crippen LogP contribution >= 0.6 is 11.8 Å². The number of rotatable bonds is 5.